The molecule has 3 aromatic rings. The van der Waals surface area contributed by atoms with Crippen molar-refractivity contribution in [2.75, 3.05) is 7.11 Å². The van der Waals surface area contributed by atoms with Gasteiger partial charge >= 0.3 is 5.97 Å². The summed E-state index contributed by atoms with van der Waals surface area (Å²) in [5, 5.41) is 20.8. The lowest BCUT2D eigenvalue weighted by Gasteiger charge is -2.15. The van der Waals surface area contributed by atoms with Crippen molar-refractivity contribution in [3.8, 4) is 11.6 Å². The second-order valence-electron chi connectivity index (χ2n) is 5.96. The number of nitrogens with zero attached hydrogens (tertiary/aromatic N) is 1. The van der Waals surface area contributed by atoms with E-state index in [2.05, 4.69) is 15.0 Å². The van der Waals surface area contributed by atoms with Gasteiger partial charge in [0.2, 0.25) is 5.88 Å². The van der Waals surface area contributed by atoms with Gasteiger partial charge in [0.05, 0.1) is 19.6 Å². The Morgan fingerprint density at radius 2 is 1.96 bits per heavy atom. The van der Waals surface area contributed by atoms with Gasteiger partial charge in [-0.1, -0.05) is 30.3 Å². The molecule has 0 amide bonds. The highest BCUT2D eigenvalue weighted by Gasteiger charge is 2.18. The molecule has 0 bridgehead atoms. The zero-order valence-corrected chi connectivity index (χ0v) is 15.6. The summed E-state index contributed by atoms with van der Waals surface area (Å²) in [6.45, 7) is 0. The van der Waals surface area contributed by atoms with Crippen LogP contribution in [0, 0.1) is 4.77 Å². The van der Waals surface area contributed by atoms with E-state index >= 15 is 0 Å². The highest BCUT2D eigenvalue weighted by molar-refractivity contribution is 7.71. The summed E-state index contributed by atoms with van der Waals surface area (Å²) >= 11 is 4.79. The smallest absolute Gasteiger partial charge is 0.305 e. The number of aliphatic imine (C=N–C) groups is 1. The van der Waals surface area contributed by atoms with E-state index in [1.54, 1.807) is 19.2 Å². The second-order valence-corrected chi connectivity index (χ2v) is 6.37. The van der Waals surface area contributed by atoms with Gasteiger partial charge < -0.3 is 19.9 Å². The second kappa shape index (κ2) is 8.05. The minimum absolute atomic E-state index is 0.0251. The topological polar surface area (TPSA) is 128 Å². The van der Waals surface area contributed by atoms with E-state index in [-0.39, 0.29) is 16.8 Å². The van der Waals surface area contributed by atoms with Gasteiger partial charge in [0, 0.05) is 11.6 Å². The fourth-order valence-corrected chi connectivity index (χ4v) is 3.13. The van der Waals surface area contributed by atoms with Crippen LogP contribution in [0.15, 0.2) is 46.2 Å². The van der Waals surface area contributed by atoms with Gasteiger partial charge in [0.25, 0.3) is 5.56 Å². The SMILES string of the molecule is COc1ccc([C@@H](CC(=O)O)N=Cc2c(O)[nH]c(=S)[nH]c2=O)c2ccccc12. The summed E-state index contributed by atoms with van der Waals surface area (Å²) in [6, 6.07) is 10.1. The third-order valence-electron chi connectivity index (χ3n) is 4.21. The average Bonchev–Trinajstić information content (AvgIpc) is 2.65. The molecule has 0 saturated carbocycles. The number of aromatic hydroxyl groups is 1. The molecule has 0 aliphatic heterocycles. The fourth-order valence-electron chi connectivity index (χ4n) is 2.94. The average molecular weight is 399 g/mol. The van der Waals surface area contributed by atoms with Crippen LogP contribution < -0.4 is 10.3 Å². The van der Waals surface area contributed by atoms with E-state index in [4.69, 9.17) is 17.0 Å². The summed E-state index contributed by atoms with van der Waals surface area (Å²) in [4.78, 5) is 32.4. The van der Waals surface area contributed by atoms with E-state index in [1.807, 2.05) is 24.3 Å². The predicted octanol–water partition coefficient (Wildman–Crippen LogP) is 2.93. The van der Waals surface area contributed by atoms with E-state index in [1.165, 1.54) is 0 Å². The molecule has 4 N–H and O–H groups in total. The number of aliphatic carboxylic acids is 1. The standard InChI is InChI=1S/C19H17N3O5S/c1-27-15-7-6-11(10-4-2-3-5-12(10)15)14(8-16(23)24)20-9-13-17(25)21-19(28)22-18(13)26/h2-7,9,14H,8H2,1H3,(H,23,24)(H3,21,22,25,26,28)/t14-/m1/s1. The van der Waals surface area contributed by atoms with Crippen LogP contribution in [-0.4, -0.2) is 39.5 Å². The number of carbonyl (C=O) groups is 1. The Hall–Kier alpha value is -3.46. The number of carboxylic acids is 1. The number of aromatic amines is 2. The van der Waals surface area contributed by atoms with Crippen molar-refractivity contribution in [3.63, 3.8) is 0 Å². The van der Waals surface area contributed by atoms with Crippen LogP contribution in [0.1, 0.15) is 23.6 Å². The van der Waals surface area contributed by atoms with Crippen LogP contribution in [0.5, 0.6) is 11.6 Å². The Morgan fingerprint density at radius 1 is 1.25 bits per heavy atom. The molecule has 1 atom stereocenters. The first-order valence-corrected chi connectivity index (χ1v) is 8.67. The Balaban J connectivity index is 2.12. The van der Waals surface area contributed by atoms with Gasteiger partial charge in [-0.2, -0.15) is 0 Å². The minimum Gasteiger partial charge on any atom is -0.496 e. The normalized spacial score (nSPS) is 12.3. The van der Waals surface area contributed by atoms with Crippen molar-refractivity contribution < 1.29 is 19.7 Å². The Morgan fingerprint density at radius 3 is 2.61 bits per heavy atom. The number of ether oxygens (including phenoxy) is 1. The molecule has 0 aliphatic rings. The molecule has 144 valence electrons. The summed E-state index contributed by atoms with van der Waals surface area (Å²) in [5.74, 6) is -0.832. The number of aromatic nitrogens is 2. The van der Waals surface area contributed by atoms with E-state index in [0.29, 0.717) is 11.3 Å². The van der Waals surface area contributed by atoms with Crippen LogP contribution in [0.4, 0.5) is 0 Å². The van der Waals surface area contributed by atoms with Crippen LogP contribution >= 0.6 is 12.2 Å². The molecule has 1 aromatic heterocycles. The molecule has 8 nitrogen and oxygen atoms in total. The summed E-state index contributed by atoms with van der Waals surface area (Å²) < 4.78 is 5.34. The van der Waals surface area contributed by atoms with Crippen molar-refractivity contribution in [3.05, 3.63) is 62.6 Å². The molecule has 0 fully saturated rings. The molecule has 0 radical (unpaired) electrons. The third kappa shape index (κ3) is 3.94. The van der Waals surface area contributed by atoms with E-state index in [9.17, 15) is 19.8 Å². The number of nitrogens with one attached hydrogen (secondary N) is 2. The van der Waals surface area contributed by atoms with Gasteiger partial charge in [-0.05, 0) is 29.2 Å². The first-order chi connectivity index (χ1) is 13.4. The molecule has 0 spiro atoms. The van der Waals surface area contributed by atoms with Crippen molar-refractivity contribution >= 4 is 35.2 Å². The van der Waals surface area contributed by atoms with Gasteiger partial charge in [-0.15, -0.1) is 0 Å². The molecule has 0 saturated heterocycles. The van der Waals surface area contributed by atoms with Crippen LogP contribution in [-0.2, 0) is 4.79 Å². The first kappa shape index (κ1) is 19.3. The third-order valence-corrected chi connectivity index (χ3v) is 4.41. The first-order valence-electron chi connectivity index (χ1n) is 8.27. The van der Waals surface area contributed by atoms with E-state index < -0.39 is 23.5 Å². The summed E-state index contributed by atoms with van der Waals surface area (Å²) in [5.41, 5.74) is -0.102. The number of H-pyrrole nitrogens is 2. The van der Waals surface area contributed by atoms with Gasteiger partial charge in [-0.25, -0.2) is 0 Å². The quantitative estimate of drug-likeness (QED) is 0.373. The van der Waals surface area contributed by atoms with Crippen molar-refractivity contribution in [1.29, 1.82) is 0 Å². The molecule has 0 aliphatic carbocycles. The predicted molar refractivity (Wildman–Crippen MR) is 107 cm³/mol. The number of rotatable bonds is 6. The minimum atomic E-state index is -1.05. The number of hydrogen-bond donors (Lipinski definition) is 4. The van der Waals surface area contributed by atoms with Gasteiger partial charge in [0.15, 0.2) is 4.77 Å². The summed E-state index contributed by atoms with van der Waals surface area (Å²) in [6.07, 6.45) is 0.848. The molecule has 3 rings (SSSR count). The maximum Gasteiger partial charge on any atom is 0.305 e. The van der Waals surface area contributed by atoms with Crippen LogP contribution in [0.2, 0.25) is 0 Å². The number of carboxylic acid groups (broad SMARTS) is 1. The zero-order chi connectivity index (χ0) is 20.3. The summed E-state index contributed by atoms with van der Waals surface area (Å²) in [7, 11) is 1.56. The largest absolute Gasteiger partial charge is 0.496 e. The highest BCUT2D eigenvalue weighted by atomic mass is 32.1. The van der Waals surface area contributed by atoms with Crippen molar-refractivity contribution in [2.45, 2.75) is 12.5 Å². The Kier molecular flexibility index (Phi) is 5.55. The lowest BCUT2D eigenvalue weighted by atomic mass is 9.96. The number of hydrogen-bond acceptors (Lipinski definition) is 6. The number of fused-ring (bicyclic) bond motifs is 1. The van der Waals surface area contributed by atoms with Crippen molar-refractivity contribution in [2.24, 2.45) is 4.99 Å². The van der Waals surface area contributed by atoms with Crippen molar-refractivity contribution in [1.82, 2.24) is 9.97 Å². The van der Waals surface area contributed by atoms with E-state index in [0.717, 1.165) is 17.0 Å². The Bertz CT molecular complexity index is 1180. The Labute approximate surface area is 164 Å². The van der Waals surface area contributed by atoms with Gasteiger partial charge in [-0.3, -0.25) is 19.6 Å². The molecule has 2 aromatic carbocycles. The molecular formula is C19H17N3O5S. The van der Waals surface area contributed by atoms with Crippen LogP contribution in [0.25, 0.3) is 10.8 Å². The molecule has 9 heteroatoms. The zero-order valence-electron chi connectivity index (χ0n) is 14.8. The monoisotopic (exact) mass is 399 g/mol. The molecule has 28 heavy (non-hydrogen) atoms. The lowest BCUT2D eigenvalue weighted by Crippen LogP contribution is -2.14. The fraction of sp³-hybridized carbons (Fsp3) is 0.158. The van der Waals surface area contributed by atoms with Gasteiger partial charge in [0.1, 0.15) is 11.3 Å². The molecule has 1 heterocycles. The number of benzene rings is 2. The molecular weight excluding hydrogens is 382 g/mol. The lowest BCUT2D eigenvalue weighted by molar-refractivity contribution is -0.137. The molecule has 0 unspecified atom stereocenters. The van der Waals surface area contributed by atoms with Crippen LogP contribution in [0.3, 0.4) is 0 Å². The number of methoxy groups -OCH3 is 1. The maximum absolute atomic E-state index is 12.0. The highest BCUT2D eigenvalue weighted by Crippen LogP contribution is 2.34. The maximum atomic E-state index is 12.0.